The summed E-state index contributed by atoms with van der Waals surface area (Å²) in [6.45, 7) is 4.45. The van der Waals surface area contributed by atoms with Gasteiger partial charge in [0.25, 0.3) is 0 Å². The first kappa shape index (κ1) is 62.4. The van der Waals surface area contributed by atoms with Crippen LogP contribution in [-0.4, -0.2) is 153 Å². The number of carbonyl (C=O) groups excluding carboxylic acids is 11. The number of hydrogen-bond donors (Lipinski definition) is 14. The van der Waals surface area contributed by atoms with Crippen molar-refractivity contribution in [2.75, 3.05) is 13.2 Å². The molecule has 1 aromatic rings. The number of aliphatic hydroxyl groups excluding tert-OH is 3. The maximum Gasteiger partial charge on any atom is 0.245 e. The van der Waals surface area contributed by atoms with E-state index in [0.717, 1.165) is 38.5 Å². The molecule has 25 heteroatoms. The molecule has 1 aliphatic heterocycles. The molecule has 1 saturated heterocycles. The van der Waals surface area contributed by atoms with Crippen LogP contribution in [0.5, 0.6) is 5.75 Å². The Bertz CT molecular complexity index is 2060. The molecule has 408 valence electrons. The van der Waals surface area contributed by atoms with Gasteiger partial charge in [-0.3, -0.25) is 47.9 Å². The summed E-state index contributed by atoms with van der Waals surface area (Å²) in [4.78, 5) is 147. The Kier molecular flexibility index (Phi) is 27.7. The number of benzene rings is 1. The fraction of sp³-hybridized carbons (Fsp3) is 0.646. The van der Waals surface area contributed by atoms with Crippen molar-refractivity contribution in [1.82, 2.24) is 42.5 Å². The van der Waals surface area contributed by atoms with Gasteiger partial charge in [0.05, 0.1) is 32.2 Å². The molecular weight excluding hydrogens is 957 g/mol. The number of carbonyl (C=O) groups is 11. The topological polar surface area (TPSA) is 417 Å². The van der Waals surface area contributed by atoms with Crippen molar-refractivity contribution in [1.29, 1.82) is 0 Å². The highest BCUT2D eigenvalue weighted by molar-refractivity contribution is 5.99. The molecule has 0 radical (unpaired) electrons. The normalized spacial score (nSPS) is 24.3. The predicted octanol–water partition coefficient (Wildman–Crippen LogP) is -3.13. The van der Waals surface area contributed by atoms with Crippen LogP contribution >= 0.6 is 0 Å². The van der Waals surface area contributed by atoms with Crippen LogP contribution in [0.4, 0.5) is 0 Å². The molecule has 2 rings (SSSR count). The van der Waals surface area contributed by atoms with Gasteiger partial charge in [0.1, 0.15) is 53.8 Å². The minimum absolute atomic E-state index is 0.153. The number of nitrogens with one attached hydrogen (secondary N) is 8. The number of nitrogens with two attached hydrogens (primary N) is 2. The molecule has 0 saturated carbocycles. The number of aliphatic hydroxyl groups is 3. The lowest BCUT2D eigenvalue weighted by Gasteiger charge is -2.28. The summed E-state index contributed by atoms with van der Waals surface area (Å²) in [7, 11) is 0. The van der Waals surface area contributed by atoms with E-state index in [1.165, 1.54) is 38.1 Å². The minimum Gasteiger partial charge on any atom is -0.508 e. The number of unbranched alkanes of at least 4 members (excludes halogenated alkanes) is 5. The molecule has 73 heavy (non-hydrogen) atoms. The number of amides is 10. The molecule has 10 atom stereocenters. The quantitative estimate of drug-likeness (QED) is 0.0511. The average molecular weight is 1030 g/mol. The van der Waals surface area contributed by atoms with E-state index >= 15 is 0 Å². The third-order valence-electron chi connectivity index (χ3n) is 12.2. The number of primary amides is 2. The fourth-order valence-electron chi connectivity index (χ4n) is 7.71. The van der Waals surface area contributed by atoms with Gasteiger partial charge in [0, 0.05) is 25.3 Å². The molecule has 0 aliphatic carbocycles. The van der Waals surface area contributed by atoms with Gasteiger partial charge < -0.3 is 79.2 Å². The van der Waals surface area contributed by atoms with E-state index in [-0.39, 0.29) is 25.0 Å². The molecule has 0 spiro atoms. The molecule has 1 aliphatic rings. The Labute approximate surface area is 424 Å². The second-order valence-corrected chi connectivity index (χ2v) is 18.6. The summed E-state index contributed by atoms with van der Waals surface area (Å²) >= 11 is 0. The van der Waals surface area contributed by atoms with Gasteiger partial charge in [0.2, 0.25) is 59.1 Å². The van der Waals surface area contributed by atoms with Crippen LogP contribution in [0.3, 0.4) is 0 Å². The van der Waals surface area contributed by atoms with E-state index in [9.17, 15) is 73.2 Å². The Morgan fingerprint density at radius 2 is 1.04 bits per heavy atom. The minimum atomic E-state index is -1.91. The van der Waals surface area contributed by atoms with Gasteiger partial charge in [-0.25, -0.2) is 0 Å². The van der Waals surface area contributed by atoms with Crippen LogP contribution in [0.15, 0.2) is 24.3 Å². The summed E-state index contributed by atoms with van der Waals surface area (Å²) in [5, 5.41) is 59.7. The molecule has 25 nitrogen and oxygen atoms in total. The van der Waals surface area contributed by atoms with Gasteiger partial charge >= 0.3 is 0 Å². The molecule has 1 aromatic carbocycles. The Hall–Kier alpha value is -6.73. The van der Waals surface area contributed by atoms with Crippen molar-refractivity contribution in [2.24, 2.45) is 17.4 Å². The third kappa shape index (κ3) is 23.6. The van der Waals surface area contributed by atoms with E-state index < -0.39 is 158 Å². The monoisotopic (exact) mass is 1030 g/mol. The van der Waals surface area contributed by atoms with Crippen molar-refractivity contribution in [3.63, 3.8) is 0 Å². The van der Waals surface area contributed by atoms with Gasteiger partial charge in [-0.1, -0.05) is 77.3 Å². The van der Waals surface area contributed by atoms with Crippen LogP contribution in [-0.2, 0) is 59.2 Å². The number of hydrogen-bond acceptors (Lipinski definition) is 15. The molecule has 10 unspecified atom stereocenters. The Balaban J connectivity index is 2.70. The first-order chi connectivity index (χ1) is 34.5. The van der Waals surface area contributed by atoms with Crippen LogP contribution < -0.4 is 54.0 Å². The van der Waals surface area contributed by atoms with Gasteiger partial charge in [-0.2, -0.15) is 0 Å². The van der Waals surface area contributed by atoms with Gasteiger partial charge in [-0.05, 0) is 50.3 Å². The Morgan fingerprint density at radius 1 is 0.589 bits per heavy atom. The molecule has 0 bridgehead atoms. The lowest BCUT2D eigenvalue weighted by Crippen LogP contribution is -2.62. The third-order valence-corrected chi connectivity index (χ3v) is 12.2. The number of phenols is 1. The summed E-state index contributed by atoms with van der Waals surface area (Å²) in [5.74, 6) is -11.2. The van der Waals surface area contributed by atoms with Crippen molar-refractivity contribution in [3.8, 4) is 5.75 Å². The van der Waals surface area contributed by atoms with Gasteiger partial charge in [-0.15, -0.1) is 0 Å². The lowest BCUT2D eigenvalue weighted by atomic mass is 9.99. The standard InChI is InChI=1S/C48H76N10O15/c1-5-26(2)12-10-8-6-7-9-11-13-30-21-40(66)52-34(22-38(49)64)44(69)54-33(20-29-15-17-31(63)18-16-29)43(68)55-35(23-39(50)65)45(70)57-36(24-59)46(71)53-32(19-14-27(3)61)42(67)56-37(25-60)47(72)58-41(28(4)62)48(73)51-30/h15-18,26,28,30,32-37,41,59-60,62-63H,5-14,19-25H2,1-4H3,(H2,49,64)(H2,50,65)(H,51,73)(H,52,66)(H,53,71)(H,54,69)(H,55,68)(H,56,67)(H,57,70)(H,58,72). The maximum atomic E-state index is 14.1. The largest absolute Gasteiger partial charge is 0.508 e. The number of phenolic OH excluding ortho intramolecular Hbond substituents is 1. The number of Topliss-reactive ketones (excluding diaryl/α,β-unsaturated/α-hetero) is 1. The molecule has 1 heterocycles. The highest BCUT2D eigenvalue weighted by Crippen LogP contribution is 2.17. The SMILES string of the molecule is CCC(C)CCCCCCCCC1CC(=O)NC(CC(N)=O)C(=O)NC(Cc2ccc(O)cc2)C(=O)NC(CC(N)=O)C(=O)NC(CO)C(=O)NC(CCC(C)=O)C(=O)NC(CO)C(=O)NC(C(C)O)C(=O)N1. The van der Waals surface area contributed by atoms with Crippen LogP contribution in [0.2, 0.25) is 0 Å². The maximum absolute atomic E-state index is 14.1. The summed E-state index contributed by atoms with van der Waals surface area (Å²) in [5.41, 5.74) is 11.2. The van der Waals surface area contributed by atoms with E-state index in [4.69, 9.17) is 11.5 Å². The highest BCUT2D eigenvalue weighted by Gasteiger charge is 2.36. The number of rotatable bonds is 22. The first-order valence-corrected chi connectivity index (χ1v) is 24.6. The molecule has 0 aromatic heterocycles. The molecular formula is C48H76N10O15. The van der Waals surface area contributed by atoms with Gasteiger partial charge in [0.15, 0.2) is 0 Å². The zero-order valence-electron chi connectivity index (χ0n) is 42.0. The predicted molar refractivity (Wildman–Crippen MR) is 262 cm³/mol. The van der Waals surface area contributed by atoms with E-state index in [2.05, 4.69) is 56.4 Å². The van der Waals surface area contributed by atoms with E-state index in [0.29, 0.717) is 24.3 Å². The van der Waals surface area contributed by atoms with Crippen molar-refractivity contribution in [3.05, 3.63) is 29.8 Å². The number of ketones is 1. The molecule has 16 N–H and O–H groups in total. The van der Waals surface area contributed by atoms with E-state index in [1.807, 2.05) is 0 Å². The molecule has 1 fully saturated rings. The van der Waals surface area contributed by atoms with Crippen LogP contribution in [0.25, 0.3) is 0 Å². The average Bonchev–Trinajstić information content (AvgIpc) is 3.32. The zero-order chi connectivity index (χ0) is 54.8. The van der Waals surface area contributed by atoms with Crippen LogP contribution in [0.1, 0.15) is 123 Å². The number of aromatic hydroxyl groups is 1. The first-order valence-electron chi connectivity index (χ1n) is 24.6. The fourth-order valence-corrected chi connectivity index (χ4v) is 7.71. The lowest BCUT2D eigenvalue weighted by molar-refractivity contribution is -0.137. The summed E-state index contributed by atoms with van der Waals surface area (Å²) in [6.07, 6.45) is 2.48. The smallest absolute Gasteiger partial charge is 0.245 e. The highest BCUT2D eigenvalue weighted by atomic mass is 16.3. The van der Waals surface area contributed by atoms with Crippen molar-refractivity contribution >= 4 is 64.9 Å². The van der Waals surface area contributed by atoms with E-state index in [1.54, 1.807) is 0 Å². The summed E-state index contributed by atoms with van der Waals surface area (Å²) < 4.78 is 0. The van der Waals surface area contributed by atoms with Crippen molar-refractivity contribution in [2.45, 2.75) is 178 Å². The molecule has 10 amide bonds. The Morgan fingerprint density at radius 3 is 1.56 bits per heavy atom. The summed E-state index contributed by atoms with van der Waals surface area (Å²) in [6, 6.07) is -8.17. The zero-order valence-corrected chi connectivity index (χ0v) is 42.0. The second kappa shape index (κ2) is 32.4. The second-order valence-electron chi connectivity index (χ2n) is 18.6. The van der Waals surface area contributed by atoms with Crippen molar-refractivity contribution < 1.29 is 73.2 Å². The van der Waals surface area contributed by atoms with Crippen LogP contribution in [0, 0.1) is 5.92 Å².